The molecule has 0 spiro atoms. The summed E-state index contributed by atoms with van der Waals surface area (Å²) in [5.74, 6) is 0.0752. The van der Waals surface area contributed by atoms with Crippen LogP contribution in [-0.4, -0.2) is 30.8 Å². The second-order valence-electron chi connectivity index (χ2n) is 6.40. The standard InChI is InChI=1S/C19H27N3O3/c1-3-13(4-2)19(25)22-16-9-7-15(8-10-16)18(24)21-12-11-20-17(23)14-5-6-14/h7-10,13-14H,3-6,11-12H2,1-2H3,(H,20,23)(H,21,24)(H,22,25). The Hall–Kier alpha value is -2.37. The normalized spacial score (nSPS) is 13.4. The van der Waals surface area contributed by atoms with Crippen LogP contribution >= 0.6 is 0 Å². The molecule has 3 N–H and O–H groups in total. The Bertz CT molecular complexity index is 605. The van der Waals surface area contributed by atoms with Gasteiger partial charge in [0.05, 0.1) is 0 Å². The number of rotatable bonds is 9. The lowest BCUT2D eigenvalue weighted by molar-refractivity contribution is -0.122. The number of hydrogen-bond acceptors (Lipinski definition) is 3. The van der Waals surface area contributed by atoms with E-state index in [0.29, 0.717) is 24.3 Å². The SMILES string of the molecule is CCC(CC)C(=O)Nc1ccc(C(=O)NCCNC(=O)C2CC2)cc1. The van der Waals surface area contributed by atoms with Gasteiger partial charge in [-0.2, -0.15) is 0 Å². The van der Waals surface area contributed by atoms with Gasteiger partial charge in [0.2, 0.25) is 11.8 Å². The van der Waals surface area contributed by atoms with E-state index in [9.17, 15) is 14.4 Å². The summed E-state index contributed by atoms with van der Waals surface area (Å²) >= 11 is 0. The van der Waals surface area contributed by atoms with E-state index in [0.717, 1.165) is 25.7 Å². The van der Waals surface area contributed by atoms with Crippen molar-refractivity contribution in [3.63, 3.8) is 0 Å². The van der Waals surface area contributed by atoms with Crippen molar-refractivity contribution in [2.24, 2.45) is 11.8 Å². The third-order valence-electron chi connectivity index (χ3n) is 4.43. The lowest BCUT2D eigenvalue weighted by Gasteiger charge is -2.13. The first-order valence-corrected chi connectivity index (χ1v) is 9.02. The summed E-state index contributed by atoms with van der Waals surface area (Å²) in [6.45, 7) is 4.82. The average Bonchev–Trinajstić information content (AvgIpc) is 3.45. The van der Waals surface area contributed by atoms with Gasteiger partial charge in [-0.25, -0.2) is 0 Å². The van der Waals surface area contributed by atoms with Crippen molar-refractivity contribution < 1.29 is 14.4 Å². The van der Waals surface area contributed by atoms with Crippen LogP contribution in [0.5, 0.6) is 0 Å². The van der Waals surface area contributed by atoms with E-state index in [2.05, 4.69) is 16.0 Å². The van der Waals surface area contributed by atoms with E-state index in [-0.39, 0.29) is 29.6 Å². The zero-order chi connectivity index (χ0) is 18.2. The van der Waals surface area contributed by atoms with Gasteiger partial charge in [-0.3, -0.25) is 14.4 Å². The van der Waals surface area contributed by atoms with Crippen LogP contribution in [0.2, 0.25) is 0 Å². The monoisotopic (exact) mass is 345 g/mol. The van der Waals surface area contributed by atoms with E-state index in [1.54, 1.807) is 24.3 Å². The first-order chi connectivity index (χ1) is 12.0. The maximum atomic E-state index is 12.1. The molecule has 0 radical (unpaired) electrons. The molecule has 3 amide bonds. The molecule has 25 heavy (non-hydrogen) atoms. The molecule has 0 bridgehead atoms. The second-order valence-corrected chi connectivity index (χ2v) is 6.40. The Morgan fingerprint density at radius 1 is 1.00 bits per heavy atom. The number of carbonyl (C=O) groups is 3. The molecule has 6 nitrogen and oxygen atoms in total. The fourth-order valence-electron chi connectivity index (χ4n) is 2.56. The summed E-state index contributed by atoms with van der Waals surface area (Å²) in [4.78, 5) is 35.6. The Kier molecular flexibility index (Phi) is 6.98. The maximum Gasteiger partial charge on any atom is 0.251 e. The molecule has 0 heterocycles. The number of hydrogen-bond donors (Lipinski definition) is 3. The molecule has 0 aromatic heterocycles. The van der Waals surface area contributed by atoms with Gasteiger partial charge in [-0.1, -0.05) is 13.8 Å². The third-order valence-corrected chi connectivity index (χ3v) is 4.43. The number of carbonyl (C=O) groups excluding carboxylic acids is 3. The minimum Gasteiger partial charge on any atom is -0.354 e. The highest BCUT2D eigenvalue weighted by Gasteiger charge is 2.28. The van der Waals surface area contributed by atoms with E-state index in [1.807, 2.05) is 13.8 Å². The molecule has 1 saturated carbocycles. The Labute approximate surface area is 148 Å². The molecule has 1 aromatic carbocycles. The predicted octanol–water partition coefficient (Wildman–Crippen LogP) is 2.32. The van der Waals surface area contributed by atoms with E-state index in [1.165, 1.54) is 0 Å². The van der Waals surface area contributed by atoms with Gasteiger partial charge in [0.15, 0.2) is 0 Å². The summed E-state index contributed by atoms with van der Waals surface area (Å²) in [7, 11) is 0. The maximum absolute atomic E-state index is 12.1. The third kappa shape index (κ3) is 5.89. The minimum atomic E-state index is -0.196. The van der Waals surface area contributed by atoms with Crippen molar-refractivity contribution in [3.8, 4) is 0 Å². The van der Waals surface area contributed by atoms with Crippen molar-refractivity contribution in [2.45, 2.75) is 39.5 Å². The lowest BCUT2D eigenvalue weighted by Crippen LogP contribution is -2.35. The minimum absolute atomic E-state index is 0.00797. The van der Waals surface area contributed by atoms with Crippen molar-refractivity contribution in [2.75, 3.05) is 18.4 Å². The van der Waals surface area contributed by atoms with Crippen molar-refractivity contribution in [3.05, 3.63) is 29.8 Å². The fourth-order valence-corrected chi connectivity index (χ4v) is 2.56. The molecule has 0 unspecified atom stereocenters. The van der Waals surface area contributed by atoms with Crippen LogP contribution in [0.15, 0.2) is 24.3 Å². The summed E-state index contributed by atoms with van der Waals surface area (Å²) in [6.07, 6.45) is 3.55. The molecule has 1 aliphatic rings. The van der Waals surface area contributed by atoms with E-state index < -0.39 is 0 Å². The first kappa shape index (κ1) is 19.0. The van der Waals surface area contributed by atoms with Crippen LogP contribution in [0.1, 0.15) is 49.9 Å². The second kappa shape index (κ2) is 9.20. The Morgan fingerprint density at radius 3 is 2.16 bits per heavy atom. The van der Waals surface area contributed by atoms with E-state index in [4.69, 9.17) is 0 Å². The van der Waals surface area contributed by atoms with Crippen LogP contribution in [-0.2, 0) is 9.59 Å². The fraction of sp³-hybridized carbons (Fsp3) is 0.526. The first-order valence-electron chi connectivity index (χ1n) is 9.02. The summed E-state index contributed by atoms with van der Waals surface area (Å²) in [6, 6.07) is 6.81. The average molecular weight is 345 g/mol. The zero-order valence-corrected chi connectivity index (χ0v) is 14.9. The van der Waals surface area contributed by atoms with Crippen molar-refractivity contribution >= 4 is 23.4 Å². The highest BCUT2D eigenvalue weighted by molar-refractivity contribution is 5.96. The quantitative estimate of drug-likeness (QED) is 0.600. The Balaban J connectivity index is 1.75. The number of nitrogens with one attached hydrogen (secondary N) is 3. The molecule has 0 saturated heterocycles. The van der Waals surface area contributed by atoms with Crippen LogP contribution in [0.3, 0.4) is 0 Å². The predicted molar refractivity (Wildman–Crippen MR) is 97.2 cm³/mol. The largest absolute Gasteiger partial charge is 0.354 e. The van der Waals surface area contributed by atoms with E-state index >= 15 is 0 Å². The van der Waals surface area contributed by atoms with Crippen LogP contribution in [0, 0.1) is 11.8 Å². The van der Waals surface area contributed by atoms with Gasteiger partial charge in [-0.15, -0.1) is 0 Å². The molecule has 2 rings (SSSR count). The zero-order valence-electron chi connectivity index (χ0n) is 14.9. The number of benzene rings is 1. The molecular formula is C19H27N3O3. The molecular weight excluding hydrogens is 318 g/mol. The van der Waals surface area contributed by atoms with Crippen molar-refractivity contribution in [1.82, 2.24) is 10.6 Å². The topological polar surface area (TPSA) is 87.3 Å². The number of anilines is 1. The summed E-state index contributed by atoms with van der Waals surface area (Å²) in [5.41, 5.74) is 1.21. The summed E-state index contributed by atoms with van der Waals surface area (Å²) in [5, 5.41) is 8.45. The van der Waals surface area contributed by atoms with Crippen molar-refractivity contribution in [1.29, 1.82) is 0 Å². The highest BCUT2D eigenvalue weighted by atomic mass is 16.2. The summed E-state index contributed by atoms with van der Waals surface area (Å²) < 4.78 is 0. The van der Waals surface area contributed by atoms with Crippen LogP contribution in [0.25, 0.3) is 0 Å². The molecule has 1 aromatic rings. The molecule has 0 aliphatic heterocycles. The van der Waals surface area contributed by atoms with Gasteiger partial charge in [0.1, 0.15) is 0 Å². The molecule has 136 valence electrons. The Morgan fingerprint density at radius 2 is 1.60 bits per heavy atom. The van der Waals surface area contributed by atoms with Crippen LogP contribution in [0.4, 0.5) is 5.69 Å². The smallest absolute Gasteiger partial charge is 0.251 e. The van der Waals surface area contributed by atoms with Gasteiger partial charge >= 0.3 is 0 Å². The molecule has 1 fully saturated rings. The van der Waals surface area contributed by atoms with Gasteiger partial charge < -0.3 is 16.0 Å². The van der Waals surface area contributed by atoms with Crippen LogP contribution < -0.4 is 16.0 Å². The number of amides is 3. The highest BCUT2D eigenvalue weighted by Crippen LogP contribution is 2.28. The van der Waals surface area contributed by atoms with Gasteiger partial charge in [0.25, 0.3) is 5.91 Å². The molecule has 1 aliphatic carbocycles. The van der Waals surface area contributed by atoms with Gasteiger partial charge in [-0.05, 0) is 49.9 Å². The molecule has 6 heteroatoms. The molecule has 0 atom stereocenters. The van der Waals surface area contributed by atoms with Gasteiger partial charge in [0, 0.05) is 36.2 Å². The lowest BCUT2D eigenvalue weighted by atomic mass is 10.0.